The average Bonchev–Trinajstić information content (AvgIpc) is 3.58. The minimum Gasteiger partial charge on any atom is -0.465 e. The predicted molar refractivity (Wildman–Crippen MR) is 139 cm³/mol. The van der Waals surface area contributed by atoms with Gasteiger partial charge in [-0.25, -0.2) is 0 Å². The molecule has 2 aliphatic rings. The van der Waals surface area contributed by atoms with E-state index in [1.807, 2.05) is 28.0 Å². The lowest BCUT2D eigenvalue weighted by Gasteiger charge is -2.31. The summed E-state index contributed by atoms with van der Waals surface area (Å²) in [4.78, 5) is 29.7. The Morgan fingerprint density at radius 1 is 1.22 bits per heavy atom. The van der Waals surface area contributed by atoms with Crippen molar-refractivity contribution >= 4 is 28.6 Å². The van der Waals surface area contributed by atoms with E-state index in [0.29, 0.717) is 13.2 Å². The monoisotopic (exact) mass is 497 g/mol. The fourth-order valence-corrected chi connectivity index (χ4v) is 5.82. The second kappa shape index (κ2) is 11.4. The summed E-state index contributed by atoms with van der Waals surface area (Å²) in [5.41, 5.74) is 8.73. The molecule has 2 unspecified atom stereocenters. The summed E-state index contributed by atoms with van der Waals surface area (Å²) in [6, 6.07) is 7.90. The molecule has 3 heterocycles. The van der Waals surface area contributed by atoms with E-state index in [9.17, 15) is 9.59 Å². The molecular weight excluding hydrogens is 458 g/mol. The van der Waals surface area contributed by atoms with Gasteiger partial charge in [-0.05, 0) is 70.0 Å². The molecule has 0 aliphatic carbocycles. The van der Waals surface area contributed by atoms with Gasteiger partial charge in [-0.15, -0.1) is 0 Å². The van der Waals surface area contributed by atoms with Gasteiger partial charge in [0.25, 0.3) is 0 Å². The van der Waals surface area contributed by atoms with Crippen LogP contribution in [-0.4, -0.2) is 83.6 Å². The standard InChI is InChI=1S/C27H39N5O4/c1-4-31-20(13-18-8-9-19(26(28)29)14-24(18)31)10-11-21-15-22(35-3)16-32(21)27(34)23-7-6-12-30(23)17-25(33)36-5-2/h8-9,13-14,21-23H,4-7,10-12,15-17H2,1-3H3,(H3,28,29)/t21?,22?,23-/m1/s1. The van der Waals surface area contributed by atoms with E-state index >= 15 is 0 Å². The number of aromatic nitrogens is 1. The fourth-order valence-electron chi connectivity index (χ4n) is 5.82. The Labute approximate surface area is 213 Å². The number of carbonyl (C=O) groups is 2. The molecule has 1 aromatic heterocycles. The number of aryl methyl sites for hydroxylation is 2. The second-order valence-electron chi connectivity index (χ2n) is 9.78. The highest BCUT2D eigenvalue weighted by molar-refractivity contribution is 5.98. The molecule has 2 saturated heterocycles. The number of esters is 1. The quantitative estimate of drug-likeness (QED) is 0.296. The van der Waals surface area contributed by atoms with E-state index in [1.165, 1.54) is 5.69 Å². The SMILES string of the molecule is CCOC(=O)CN1CCC[C@@H]1C(=O)N1CC(OC)CC1CCc1cc2ccc(C(=N)N)cc2n1CC. The van der Waals surface area contributed by atoms with Crippen molar-refractivity contribution in [3.8, 4) is 0 Å². The maximum absolute atomic E-state index is 13.7. The molecule has 196 valence electrons. The topological polar surface area (TPSA) is 114 Å². The first-order valence-corrected chi connectivity index (χ1v) is 13.1. The first kappa shape index (κ1) is 26.2. The highest BCUT2D eigenvalue weighted by Gasteiger charge is 2.41. The maximum Gasteiger partial charge on any atom is 0.320 e. The molecule has 1 amide bonds. The first-order valence-electron chi connectivity index (χ1n) is 13.1. The number of amidine groups is 1. The van der Waals surface area contributed by atoms with Gasteiger partial charge in [0.15, 0.2) is 0 Å². The number of carbonyl (C=O) groups excluding carboxylic acids is 2. The molecule has 9 nitrogen and oxygen atoms in total. The molecule has 0 spiro atoms. The third-order valence-corrected chi connectivity index (χ3v) is 7.63. The molecule has 2 aromatic rings. The van der Waals surface area contributed by atoms with Crippen LogP contribution >= 0.6 is 0 Å². The number of ether oxygens (including phenoxy) is 2. The summed E-state index contributed by atoms with van der Waals surface area (Å²) in [7, 11) is 1.71. The molecular formula is C27H39N5O4. The molecule has 1 aromatic carbocycles. The molecule has 36 heavy (non-hydrogen) atoms. The zero-order valence-corrected chi connectivity index (χ0v) is 21.7. The molecule has 3 atom stereocenters. The van der Waals surface area contributed by atoms with Gasteiger partial charge in [-0.1, -0.05) is 12.1 Å². The lowest BCUT2D eigenvalue weighted by atomic mass is 10.0. The van der Waals surface area contributed by atoms with Crippen molar-refractivity contribution in [2.75, 3.05) is 33.4 Å². The van der Waals surface area contributed by atoms with Crippen LogP contribution in [0.2, 0.25) is 0 Å². The molecule has 2 fully saturated rings. The number of nitrogens with two attached hydrogens (primary N) is 1. The smallest absolute Gasteiger partial charge is 0.320 e. The minimum absolute atomic E-state index is 0.0222. The number of nitrogens with zero attached hydrogens (tertiary/aromatic N) is 3. The van der Waals surface area contributed by atoms with E-state index < -0.39 is 0 Å². The van der Waals surface area contributed by atoms with Crippen LogP contribution in [0.1, 0.15) is 50.8 Å². The normalized spacial score (nSPS) is 22.4. The zero-order valence-electron chi connectivity index (χ0n) is 21.7. The van der Waals surface area contributed by atoms with Gasteiger partial charge < -0.3 is 24.7 Å². The second-order valence-corrected chi connectivity index (χ2v) is 9.78. The van der Waals surface area contributed by atoms with Crippen LogP contribution in [0.25, 0.3) is 10.9 Å². The van der Waals surface area contributed by atoms with Crippen molar-refractivity contribution < 1.29 is 19.1 Å². The van der Waals surface area contributed by atoms with Crippen molar-refractivity contribution in [1.29, 1.82) is 5.41 Å². The van der Waals surface area contributed by atoms with Crippen molar-refractivity contribution in [2.24, 2.45) is 5.73 Å². The number of benzene rings is 1. The van der Waals surface area contributed by atoms with Crippen LogP contribution in [0, 0.1) is 5.41 Å². The van der Waals surface area contributed by atoms with Gasteiger partial charge >= 0.3 is 5.97 Å². The third-order valence-electron chi connectivity index (χ3n) is 7.63. The molecule has 3 N–H and O–H groups in total. The minimum atomic E-state index is -0.278. The molecule has 2 aliphatic heterocycles. The number of methoxy groups -OCH3 is 1. The van der Waals surface area contributed by atoms with Crippen LogP contribution in [0.5, 0.6) is 0 Å². The third kappa shape index (κ3) is 5.42. The molecule has 0 saturated carbocycles. The summed E-state index contributed by atoms with van der Waals surface area (Å²) >= 11 is 0. The summed E-state index contributed by atoms with van der Waals surface area (Å²) < 4.78 is 13.1. The van der Waals surface area contributed by atoms with Crippen LogP contribution in [0.3, 0.4) is 0 Å². The lowest BCUT2D eigenvalue weighted by molar-refractivity contribution is -0.146. The van der Waals surface area contributed by atoms with Gasteiger partial charge in [0, 0.05) is 43.0 Å². The Balaban J connectivity index is 1.49. The zero-order chi connectivity index (χ0) is 25.8. The van der Waals surface area contributed by atoms with E-state index in [1.54, 1.807) is 14.0 Å². The highest BCUT2D eigenvalue weighted by Crippen LogP contribution is 2.30. The number of hydrogen-bond donors (Lipinski definition) is 2. The van der Waals surface area contributed by atoms with Crippen LogP contribution in [-0.2, 0) is 32.0 Å². The van der Waals surface area contributed by atoms with Crippen LogP contribution in [0.15, 0.2) is 24.3 Å². The van der Waals surface area contributed by atoms with Gasteiger partial charge in [-0.3, -0.25) is 19.9 Å². The van der Waals surface area contributed by atoms with Gasteiger partial charge in [0.05, 0.1) is 25.3 Å². The Morgan fingerprint density at radius 3 is 2.72 bits per heavy atom. The van der Waals surface area contributed by atoms with Crippen molar-refractivity contribution in [1.82, 2.24) is 14.4 Å². The fraction of sp³-hybridized carbons (Fsp3) is 0.593. The summed E-state index contributed by atoms with van der Waals surface area (Å²) in [5.74, 6) is -0.106. The number of likely N-dealkylation sites (tertiary alicyclic amines) is 2. The van der Waals surface area contributed by atoms with E-state index in [4.69, 9.17) is 20.6 Å². The molecule has 9 heteroatoms. The van der Waals surface area contributed by atoms with Gasteiger partial charge in [-0.2, -0.15) is 0 Å². The number of nitrogens with one attached hydrogen (secondary N) is 1. The number of fused-ring (bicyclic) bond motifs is 1. The Bertz CT molecular complexity index is 1110. The highest BCUT2D eigenvalue weighted by atomic mass is 16.5. The van der Waals surface area contributed by atoms with E-state index in [-0.39, 0.29) is 42.4 Å². The largest absolute Gasteiger partial charge is 0.465 e. The number of nitrogen functional groups attached to an aromatic ring is 1. The van der Waals surface area contributed by atoms with Crippen molar-refractivity contribution in [3.63, 3.8) is 0 Å². The molecule has 0 bridgehead atoms. The first-order chi connectivity index (χ1) is 17.4. The van der Waals surface area contributed by atoms with Crippen molar-refractivity contribution in [3.05, 3.63) is 35.5 Å². The molecule has 0 radical (unpaired) electrons. The maximum atomic E-state index is 13.7. The Hall–Kier alpha value is -2.91. The molecule has 4 rings (SSSR count). The Kier molecular flexibility index (Phi) is 8.31. The van der Waals surface area contributed by atoms with Crippen LogP contribution in [0.4, 0.5) is 0 Å². The van der Waals surface area contributed by atoms with Crippen molar-refractivity contribution in [2.45, 2.75) is 70.7 Å². The average molecular weight is 498 g/mol. The van der Waals surface area contributed by atoms with Crippen LogP contribution < -0.4 is 5.73 Å². The van der Waals surface area contributed by atoms with E-state index in [2.05, 4.69) is 17.6 Å². The predicted octanol–water partition coefficient (Wildman–Crippen LogP) is 2.52. The summed E-state index contributed by atoms with van der Waals surface area (Å²) in [5, 5.41) is 8.90. The number of amides is 1. The van der Waals surface area contributed by atoms with E-state index in [0.717, 1.165) is 61.7 Å². The number of rotatable bonds is 10. The Morgan fingerprint density at radius 2 is 2.03 bits per heavy atom. The van der Waals surface area contributed by atoms with Gasteiger partial charge in [0.2, 0.25) is 5.91 Å². The summed E-state index contributed by atoms with van der Waals surface area (Å²) in [6.07, 6.45) is 4.18. The number of hydrogen-bond acceptors (Lipinski definition) is 6. The lowest BCUT2D eigenvalue weighted by Crippen LogP contribution is -2.49. The summed E-state index contributed by atoms with van der Waals surface area (Å²) in [6.45, 7) is 6.56. The van der Waals surface area contributed by atoms with Gasteiger partial charge in [0.1, 0.15) is 5.84 Å².